The van der Waals surface area contributed by atoms with Crippen LogP contribution in [0.1, 0.15) is 40.0 Å². The van der Waals surface area contributed by atoms with E-state index in [1.807, 2.05) is 11.8 Å². The van der Waals surface area contributed by atoms with Crippen LogP contribution in [0.3, 0.4) is 0 Å². The first-order valence-corrected chi connectivity index (χ1v) is 5.33. The molecule has 0 saturated heterocycles. The largest absolute Gasteiger partial charge is 0.157 e. The fourth-order valence-electron chi connectivity index (χ4n) is 0.846. The lowest BCUT2D eigenvalue weighted by molar-refractivity contribution is 0.554. The topological polar surface area (TPSA) is 0 Å². The van der Waals surface area contributed by atoms with Gasteiger partial charge in [-0.15, -0.1) is 0 Å². The number of hydrogen-bond acceptors (Lipinski definition) is 1. The van der Waals surface area contributed by atoms with Gasteiger partial charge in [0.1, 0.15) is 0 Å². The molecule has 61 valence electrons. The summed E-state index contributed by atoms with van der Waals surface area (Å²) in [5.41, 5.74) is 0. The van der Waals surface area contributed by atoms with E-state index in [2.05, 4.69) is 26.5 Å². The van der Waals surface area contributed by atoms with Gasteiger partial charge in [0.25, 0.3) is 0 Å². The normalized spacial score (nSPS) is 10.8. The fraction of sp³-hybridized carbons (Fsp3) is 0.889. The van der Waals surface area contributed by atoms with Crippen molar-refractivity contribution >= 4 is 11.8 Å². The zero-order valence-electron chi connectivity index (χ0n) is 7.39. The van der Waals surface area contributed by atoms with Gasteiger partial charge >= 0.3 is 0 Å². The van der Waals surface area contributed by atoms with Crippen molar-refractivity contribution in [3.63, 3.8) is 0 Å². The third-order valence-electron chi connectivity index (χ3n) is 1.77. The maximum Gasteiger partial charge on any atom is 0.0163 e. The van der Waals surface area contributed by atoms with Gasteiger partial charge in [-0.25, -0.2) is 0 Å². The molecule has 0 heterocycles. The van der Waals surface area contributed by atoms with Crippen molar-refractivity contribution in [2.75, 3.05) is 5.75 Å². The third kappa shape index (κ3) is 5.16. The van der Waals surface area contributed by atoms with Crippen molar-refractivity contribution in [3.05, 3.63) is 5.75 Å². The molecule has 0 saturated carbocycles. The number of hydrogen-bond donors (Lipinski definition) is 0. The molecular formula is C9H19S. The Morgan fingerprint density at radius 1 is 1.20 bits per heavy atom. The molecule has 1 radical (unpaired) electrons. The monoisotopic (exact) mass is 159 g/mol. The van der Waals surface area contributed by atoms with Crippen LogP contribution >= 0.6 is 11.8 Å². The van der Waals surface area contributed by atoms with Gasteiger partial charge in [0, 0.05) is 5.75 Å². The van der Waals surface area contributed by atoms with E-state index in [0.717, 1.165) is 5.92 Å². The molecule has 0 aliphatic rings. The molecule has 0 nitrogen and oxygen atoms in total. The van der Waals surface area contributed by atoms with Crippen LogP contribution in [0.15, 0.2) is 0 Å². The second kappa shape index (κ2) is 7.46. The van der Waals surface area contributed by atoms with E-state index >= 15 is 0 Å². The predicted molar refractivity (Wildman–Crippen MR) is 51.1 cm³/mol. The van der Waals surface area contributed by atoms with Crippen LogP contribution in [0.4, 0.5) is 0 Å². The molecule has 0 spiro atoms. The molecule has 0 N–H and O–H groups in total. The molecule has 0 aromatic heterocycles. The Morgan fingerprint density at radius 3 is 2.20 bits per heavy atom. The van der Waals surface area contributed by atoms with E-state index < -0.39 is 0 Å². The summed E-state index contributed by atoms with van der Waals surface area (Å²) >= 11 is 1.99. The van der Waals surface area contributed by atoms with Crippen molar-refractivity contribution in [2.24, 2.45) is 5.92 Å². The SMILES string of the molecule is CC[CH]SCC(CC)CC. The van der Waals surface area contributed by atoms with Gasteiger partial charge in [0.2, 0.25) is 0 Å². The summed E-state index contributed by atoms with van der Waals surface area (Å²) in [6, 6.07) is 0. The van der Waals surface area contributed by atoms with Crippen LogP contribution in [0.5, 0.6) is 0 Å². The average molecular weight is 159 g/mol. The molecule has 1 heteroatoms. The second-order valence-electron chi connectivity index (χ2n) is 2.59. The Labute approximate surface area is 69.8 Å². The zero-order valence-corrected chi connectivity index (χ0v) is 8.21. The highest BCUT2D eigenvalue weighted by Gasteiger charge is 2.01. The van der Waals surface area contributed by atoms with Gasteiger partial charge in [-0.05, 0) is 18.1 Å². The van der Waals surface area contributed by atoms with Crippen molar-refractivity contribution in [3.8, 4) is 0 Å². The fourth-order valence-corrected chi connectivity index (χ4v) is 1.96. The minimum Gasteiger partial charge on any atom is -0.157 e. The first-order valence-electron chi connectivity index (χ1n) is 4.28. The summed E-state index contributed by atoms with van der Waals surface area (Å²) in [7, 11) is 0. The first-order chi connectivity index (χ1) is 4.85. The van der Waals surface area contributed by atoms with Crippen molar-refractivity contribution in [2.45, 2.75) is 40.0 Å². The molecule has 10 heavy (non-hydrogen) atoms. The Bertz CT molecular complexity index is 57.7. The molecule has 0 amide bonds. The summed E-state index contributed by atoms with van der Waals surface area (Å²) in [6.07, 6.45) is 3.87. The van der Waals surface area contributed by atoms with E-state index in [1.54, 1.807) is 0 Å². The molecule has 0 unspecified atom stereocenters. The van der Waals surface area contributed by atoms with E-state index in [1.165, 1.54) is 25.0 Å². The quantitative estimate of drug-likeness (QED) is 0.532. The summed E-state index contributed by atoms with van der Waals surface area (Å²) in [4.78, 5) is 0. The molecule has 0 aromatic carbocycles. The third-order valence-corrected chi connectivity index (χ3v) is 3.00. The van der Waals surface area contributed by atoms with E-state index in [0.29, 0.717) is 0 Å². The Hall–Kier alpha value is 0.350. The maximum absolute atomic E-state index is 2.30. The van der Waals surface area contributed by atoms with Gasteiger partial charge in [-0.3, -0.25) is 0 Å². The highest BCUT2D eigenvalue weighted by Crippen LogP contribution is 2.17. The van der Waals surface area contributed by atoms with Gasteiger partial charge < -0.3 is 0 Å². The van der Waals surface area contributed by atoms with Crippen LogP contribution in [-0.4, -0.2) is 5.75 Å². The summed E-state index contributed by atoms with van der Waals surface area (Å²) in [5, 5.41) is 0. The second-order valence-corrected chi connectivity index (χ2v) is 3.59. The predicted octanol–water partition coefficient (Wildman–Crippen LogP) is 3.73. The standard InChI is InChI=1S/C9H19S/c1-4-7-10-8-9(5-2)6-3/h7,9H,4-6,8H2,1-3H3. The number of thioether (sulfide) groups is 1. The summed E-state index contributed by atoms with van der Waals surface area (Å²) < 4.78 is 0. The molecule has 0 aliphatic carbocycles. The van der Waals surface area contributed by atoms with E-state index in [9.17, 15) is 0 Å². The van der Waals surface area contributed by atoms with Gasteiger partial charge in [0.15, 0.2) is 0 Å². The lowest BCUT2D eigenvalue weighted by Gasteiger charge is -2.09. The van der Waals surface area contributed by atoms with Crippen molar-refractivity contribution in [1.29, 1.82) is 0 Å². The number of rotatable bonds is 6. The molecule has 0 rings (SSSR count). The van der Waals surface area contributed by atoms with Crippen molar-refractivity contribution in [1.82, 2.24) is 0 Å². The van der Waals surface area contributed by atoms with Gasteiger partial charge in [0.05, 0.1) is 0 Å². The minimum atomic E-state index is 0.938. The Morgan fingerprint density at radius 2 is 1.80 bits per heavy atom. The van der Waals surface area contributed by atoms with Crippen LogP contribution in [0, 0.1) is 11.7 Å². The Balaban J connectivity index is 3.09. The summed E-state index contributed by atoms with van der Waals surface area (Å²) in [5.74, 6) is 4.56. The van der Waals surface area contributed by atoms with Gasteiger partial charge in [-0.2, -0.15) is 11.8 Å². The smallest absolute Gasteiger partial charge is 0.0163 e. The zero-order chi connectivity index (χ0) is 7.82. The van der Waals surface area contributed by atoms with Crippen LogP contribution < -0.4 is 0 Å². The van der Waals surface area contributed by atoms with Crippen LogP contribution in [0.2, 0.25) is 0 Å². The van der Waals surface area contributed by atoms with E-state index in [-0.39, 0.29) is 0 Å². The molecule has 0 fully saturated rings. The van der Waals surface area contributed by atoms with Crippen LogP contribution in [0.25, 0.3) is 0 Å². The first kappa shape index (κ1) is 10.3. The Kier molecular flexibility index (Phi) is 7.72. The average Bonchev–Trinajstić information content (AvgIpc) is 1.99. The highest BCUT2D eigenvalue weighted by atomic mass is 32.2. The summed E-state index contributed by atoms with van der Waals surface area (Å²) in [6.45, 7) is 6.75. The molecule has 0 aromatic rings. The van der Waals surface area contributed by atoms with Gasteiger partial charge in [-0.1, -0.05) is 33.6 Å². The van der Waals surface area contributed by atoms with E-state index in [4.69, 9.17) is 0 Å². The molecule has 0 aliphatic heterocycles. The lowest BCUT2D eigenvalue weighted by Crippen LogP contribution is -1.99. The maximum atomic E-state index is 2.30. The highest BCUT2D eigenvalue weighted by molar-refractivity contribution is 8.01. The molecular weight excluding hydrogens is 140 g/mol. The van der Waals surface area contributed by atoms with Crippen LogP contribution in [-0.2, 0) is 0 Å². The minimum absolute atomic E-state index is 0.938. The lowest BCUT2D eigenvalue weighted by atomic mass is 10.1. The molecule has 0 atom stereocenters. The molecule has 0 bridgehead atoms. The van der Waals surface area contributed by atoms with Crippen molar-refractivity contribution < 1.29 is 0 Å².